The van der Waals surface area contributed by atoms with Crippen molar-refractivity contribution in [2.24, 2.45) is 0 Å². The van der Waals surface area contributed by atoms with E-state index in [4.69, 9.17) is 44.8 Å². The molecule has 1 aromatic heterocycles. The Bertz CT molecular complexity index is 1050. The Hall–Kier alpha value is -1.75. The standard InChI is InChI=1S/C18H11Cl3N4OS/c19-11-5-6-12(15(21)7-11)16-18(26-16,13-3-1-2-4-14(13)20)8-25-17(27-9-22)23-10-24-25/h1-7,10,16H,8H2. The van der Waals surface area contributed by atoms with Crippen LogP contribution < -0.4 is 0 Å². The molecule has 1 fully saturated rings. The van der Waals surface area contributed by atoms with Gasteiger partial charge in [-0.05, 0) is 18.2 Å². The van der Waals surface area contributed by atoms with E-state index in [9.17, 15) is 0 Å². The SMILES string of the molecule is N#CSc1ncnn1CC1(c2ccccc2Cl)OC1c1ccc(Cl)cc1Cl. The molecule has 0 N–H and O–H groups in total. The van der Waals surface area contributed by atoms with Gasteiger partial charge in [0, 0.05) is 38.0 Å². The van der Waals surface area contributed by atoms with Gasteiger partial charge in [-0.25, -0.2) is 9.67 Å². The molecule has 5 nitrogen and oxygen atoms in total. The van der Waals surface area contributed by atoms with Gasteiger partial charge >= 0.3 is 0 Å². The van der Waals surface area contributed by atoms with Gasteiger partial charge in [0.2, 0.25) is 5.16 Å². The Morgan fingerprint density at radius 3 is 2.74 bits per heavy atom. The quantitative estimate of drug-likeness (QED) is 0.300. The lowest BCUT2D eigenvalue weighted by molar-refractivity contribution is 0.256. The number of ether oxygens (including phenoxy) is 1. The summed E-state index contributed by atoms with van der Waals surface area (Å²) in [6, 6.07) is 12.8. The molecule has 0 aliphatic carbocycles. The number of epoxide rings is 1. The van der Waals surface area contributed by atoms with Gasteiger partial charge in [-0.3, -0.25) is 0 Å². The predicted molar refractivity (Wildman–Crippen MR) is 105 cm³/mol. The summed E-state index contributed by atoms with van der Waals surface area (Å²) in [5.74, 6) is 0. The lowest BCUT2D eigenvalue weighted by Gasteiger charge is -2.16. The first kappa shape index (κ1) is 18.6. The molecule has 0 saturated carbocycles. The van der Waals surface area contributed by atoms with Gasteiger partial charge < -0.3 is 4.74 Å². The summed E-state index contributed by atoms with van der Waals surface area (Å²) in [5, 5.41) is 17.4. The topological polar surface area (TPSA) is 67.0 Å². The summed E-state index contributed by atoms with van der Waals surface area (Å²) in [7, 11) is 0. The Morgan fingerprint density at radius 2 is 2.00 bits per heavy atom. The minimum atomic E-state index is -0.770. The Balaban J connectivity index is 1.77. The maximum atomic E-state index is 8.98. The maximum absolute atomic E-state index is 8.98. The third kappa shape index (κ3) is 3.42. The van der Waals surface area contributed by atoms with Gasteiger partial charge in [0.05, 0.1) is 6.54 Å². The van der Waals surface area contributed by atoms with Crippen LogP contribution in [0, 0.1) is 10.7 Å². The van der Waals surface area contributed by atoms with Crippen LogP contribution in [0.3, 0.4) is 0 Å². The van der Waals surface area contributed by atoms with E-state index in [1.54, 1.807) is 16.8 Å². The molecule has 2 atom stereocenters. The summed E-state index contributed by atoms with van der Waals surface area (Å²) in [6.45, 7) is 0.338. The number of aromatic nitrogens is 3. The fourth-order valence-corrected chi connectivity index (χ4v) is 4.33. The summed E-state index contributed by atoms with van der Waals surface area (Å²) >= 11 is 19.8. The number of thiocyanates is 1. The van der Waals surface area contributed by atoms with Crippen LogP contribution >= 0.6 is 46.6 Å². The number of hydrogen-bond acceptors (Lipinski definition) is 5. The van der Waals surface area contributed by atoms with Crippen LogP contribution in [0.4, 0.5) is 0 Å². The third-order valence-corrected chi connectivity index (χ3v) is 5.85. The lowest BCUT2D eigenvalue weighted by Crippen LogP contribution is -2.21. The molecule has 4 rings (SSSR count). The number of thioether (sulfide) groups is 1. The molecular formula is C18H11Cl3N4OS. The zero-order chi connectivity index (χ0) is 19.0. The van der Waals surface area contributed by atoms with E-state index in [0.717, 1.165) is 22.9 Å². The normalized spacial score (nSPS) is 21.0. The Morgan fingerprint density at radius 1 is 1.19 bits per heavy atom. The Kier molecular flexibility index (Phi) is 5.06. The molecule has 1 saturated heterocycles. The van der Waals surface area contributed by atoms with E-state index >= 15 is 0 Å². The molecule has 2 aromatic carbocycles. The van der Waals surface area contributed by atoms with Crippen molar-refractivity contribution in [1.29, 1.82) is 5.26 Å². The van der Waals surface area contributed by atoms with Crippen molar-refractivity contribution >= 4 is 46.6 Å². The van der Waals surface area contributed by atoms with Crippen molar-refractivity contribution in [3.8, 4) is 5.40 Å². The van der Waals surface area contributed by atoms with Crippen molar-refractivity contribution in [2.45, 2.75) is 23.4 Å². The van der Waals surface area contributed by atoms with Crippen molar-refractivity contribution < 1.29 is 4.74 Å². The van der Waals surface area contributed by atoms with Crippen molar-refractivity contribution in [3.05, 3.63) is 75.0 Å². The highest BCUT2D eigenvalue weighted by Gasteiger charge is 2.60. The highest BCUT2D eigenvalue weighted by atomic mass is 35.5. The number of hydrogen-bond donors (Lipinski definition) is 0. The fraction of sp³-hybridized carbons (Fsp3) is 0.167. The molecule has 27 heavy (non-hydrogen) atoms. The van der Waals surface area contributed by atoms with E-state index in [1.807, 2.05) is 35.7 Å². The molecule has 3 aromatic rings. The minimum Gasteiger partial charge on any atom is -0.354 e. The smallest absolute Gasteiger partial charge is 0.200 e. The number of benzene rings is 2. The van der Waals surface area contributed by atoms with Crippen LogP contribution in [0.15, 0.2) is 53.9 Å². The molecule has 1 aliphatic heterocycles. The first-order valence-corrected chi connectivity index (χ1v) is 9.82. The molecular weight excluding hydrogens is 427 g/mol. The Labute approximate surface area is 174 Å². The highest BCUT2D eigenvalue weighted by Crippen LogP contribution is 2.60. The predicted octanol–water partition coefficient (Wildman–Crippen LogP) is 5.48. The summed E-state index contributed by atoms with van der Waals surface area (Å²) in [4.78, 5) is 4.12. The molecule has 0 amide bonds. The van der Waals surface area contributed by atoms with E-state index in [-0.39, 0.29) is 6.10 Å². The first-order valence-electron chi connectivity index (χ1n) is 7.86. The largest absolute Gasteiger partial charge is 0.354 e. The fourth-order valence-electron chi connectivity index (χ4n) is 3.12. The van der Waals surface area contributed by atoms with E-state index in [0.29, 0.717) is 26.8 Å². The van der Waals surface area contributed by atoms with E-state index in [1.165, 1.54) is 6.33 Å². The molecule has 0 bridgehead atoms. The van der Waals surface area contributed by atoms with Crippen LogP contribution in [0.1, 0.15) is 17.2 Å². The van der Waals surface area contributed by atoms with Crippen molar-refractivity contribution in [2.75, 3.05) is 0 Å². The molecule has 1 aliphatic rings. The van der Waals surface area contributed by atoms with Crippen molar-refractivity contribution in [3.63, 3.8) is 0 Å². The monoisotopic (exact) mass is 436 g/mol. The van der Waals surface area contributed by atoms with Gasteiger partial charge in [0.15, 0.2) is 0 Å². The zero-order valence-electron chi connectivity index (χ0n) is 13.6. The number of nitriles is 1. The molecule has 0 radical (unpaired) electrons. The van der Waals surface area contributed by atoms with Gasteiger partial charge in [-0.2, -0.15) is 10.4 Å². The van der Waals surface area contributed by atoms with Gasteiger partial charge in [-0.1, -0.05) is 59.1 Å². The summed E-state index contributed by atoms with van der Waals surface area (Å²) in [6.07, 6.45) is 1.08. The van der Waals surface area contributed by atoms with Crippen LogP contribution in [0.2, 0.25) is 15.1 Å². The number of rotatable bonds is 5. The van der Waals surface area contributed by atoms with Crippen LogP contribution in [0.5, 0.6) is 0 Å². The number of nitrogens with zero attached hydrogens (tertiary/aromatic N) is 4. The van der Waals surface area contributed by atoms with Gasteiger partial charge in [0.25, 0.3) is 0 Å². The van der Waals surface area contributed by atoms with Gasteiger partial charge in [0.1, 0.15) is 23.4 Å². The average molecular weight is 438 g/mol. The van der Waals surface area contributed by atoms with Crippen LogP contribution in [-0.4, -0.2) is 14.8 Å². The average Bonchev–Trinajstić information content (AvgIpc) is 3.18. The third-order valence-electron chi connectivity index (χ3n) is 4.37. The second kappa shape index (κ2) is 7.34. The second-order valence-corrected chi connectivity index (χ2v) is 7.93. The summed E-state index contributed by atoms with van der Waals surface area (Å²) in [5.41, 5.74) is 0.871. The molecule has 2 unspecified atom stereocenters. The first-order chi connectivity index (χ1) is 13.0. The second-order valence-electron chi connectivity index (χ2n) is 5.93. The summed E-state index contributed by atoms with van der Waals surface area (Å²) < 4.78 is 7.83. The minimum absolute atomic E-state index is 0.327. The van der Waals surface area contributed by atoms with Crippen molar-refractivity contribution in [1.82, 2.24) is 14.8 Å². The molecule has 136 valence electrons. The van der Waals surface area contributed by atoms with Crippen LogP contribution in [0.25, 0.3) is 0 Å². The molecule has 2 heterocycles. The lowest BCUT2D eigenvalue weighted by atomic mass is 9.91. The van der Waals surface area contributed by atoms with Crippen LogP contribution in [-0.2, 0) is 16.9 Å². The maximum Gasteiger partial charge on any atom is 0.200 e. The zero-order valence-corrected chi connectivity index (χ0v) is 16.7. The van der Waals surface area contributed by atoms with E-state index in [2.05, 4.69) is 10.1 Å². The molecule has 0 spiro atoms. The van der Waals surface area contributed by atoms with Gasteiger partial charge in [-0.15, -0.1) is 0 Å². The number of halogens is 3. The van der Waals surface area contributed by atoms with E-state index < -0.39 is 5.60 Å². The molecule has 9 heteroatoms. The highest BCUT2D eigenvalue weighted by molar-refractivity contribution is 8.03.